The standard InChI is InChI=1S/C14H28N2O2/c1-4-12(17)8-9-15-14(18)13-7-5-6-10-16(13)11(2)3/h11-13,17H,4-10H2,1-3H3,(H,15,18). The molecular weight excluding hydrogens is 228 g/mol. The Balaban J connectivity index is 2.38. The lowest BCUT2D eigenvalue weighted by Gasteiger charge is -2.37. The number of piperidine rings is 1. The van der Waals surface area contributed by atoms with Gasteiger partial charge in [-0.15, -0.1) is 0 Å². The van der Waals surface area contributed by atoms with E-state index >= 15 is 0 Å². The molecule has 4 nitrogen and oxygen atoms in total. The molecule has 2 N–H and O–H groups in total. The molecule has 1 fully saturated rings. The molecule has 0 aromatic carbocycles. The van der Waals surface area contributed by atoms with Crippen molar-refractivity contribution in [1.82, 2.24) is 10.2 Å². The van der Waals surface area contributed by atoms with Crippen molar-refractivity contribution in [3.05, 3.63) is 0 Å². The molecule has 106 valence electrons. The Morgan fingerprint density at radius 1 is 1.44 bits per heavy atom. The summed E-state index contributed by atoms with van der Waals surface area (Å²) in [5.41, 5.74) is 0. The van der Waals surface area contributed by atoms with E-state index in [0.717, 1.165) is 25.8 Å². The summed E-state index contributed by atoms with van der Waals surface area (Å²) >= 11 is 0. The number of rotatable bonds is 6. The zero-order valence-electron chi connectivity index (χ0n) is 12.0. The summed E-state index contributed by atoms with van der Waals surface area (Å²) in [5.74, 6) is 0.131. The van der Waals surface area contributed by atoms with Crippen molar-refractivity contribution in [2.24, 2.45) is 0 Å². The van der Waals surface area contributed by atoms with Crippen LogP contribution in [-0.4, -0.2) is 47.2 Å². The lowest BCUT2D eigenvalue weighted by molar-refractivity contribution is -0.128. The van der Waals surface area contributed by atoms with Crippen LogP contribution in [-0.2, 0) is 4.79 Å². The monoisotopic (exact) mass is 256 g/mol. The molecule has 1 amide bonds. The Bertz CT molecular complexity index is 256. The molecule has 2 atom stereocenters. The van der Waals surface area contributed by atoms with E-state index in [1.165, 1.54) is 6.42 Å². The zero-order valence-corrected chi connectivity index (χ0v) is 12.0. The van der Waals surface area contributed by atoms with E-state index < -0.39 is 0 Å². The van der Waals surface area contributed by atoms with Crippen LogP contribution in [0.4, 0.5) is 0 Å². The second-order valence-corrected chi connectivity index (χ2v) is 5.48. The normalized spacial score (nSPS) is 23.1. The van der Waals surface area contributed by atoms with Crippen molar-refractivity contribution in [1.29, 1.82) is 0 Å². The average Bonchev–Trinajstić information content (AvgIpc) is 2.38. The number of hydrogen-bond acceptors (Lipinski definition) is 3. The van der Waals surface area contributed by atoms with Gasteiger partial charge in [0.1, 0.15) is 0 Å². The smallest absolute Gasteiger partial charge is 0.237 e. The van der Waals surface area contributed by atoms with E-state index in [0.29, 0.717) is 19.0 Å². The van der Waals surface area contributed by atoms with Crippen LogP contribution in [0.1, 0.15) is 52.9 Å². The predicted molar refractivity (Wildman–Crippen MR) is 73.4 cm³/mol. The van der Waals surface area contributed by atoms with Gasteiger partial charge in [-0.3, -0.25) is 9.69 Å². The molecule has 1 heterocycles. The fourth-order valence-corrected chi connectivity index (χ4v) is 2.54. The summed E-state index contributed by atoms with van der Waals surface area (Å²) < 4.78 is 0. The van der Waals surface area contributed by atoms with Crippen LogP contribution in [0.2, 0.25) is 0 Å². The second-order valence-electron chi connectivity index (χ2n) is 5.48. The zero-order chi connectivity index (χ0) is 13.5. The molecule has 1 saturated heterocycles. The van der Waals surface area contributed by atoms with Gasteiger partial charge >= 0.3 is 0 Å². The van der Waals surface area contributed by atoms with E-state index in [2.05, 4.69) is 24.1 Å². The first-order chi connectivity index (χ1) is 8.56. The summed E-state index contributed by atoms with van der Waals surface area (Å²) in [6.45, 7) is 7.84. The minimum atomic E-state index is -0.294. The lowest BCUT2D eigenvalue weighted by Crippen LogP contribution is -2.52. The largest absolute Gasteiger partial charge is 0.393 e. The number of carbonyl (C=O) groups excluding carboxylic acids is 1. The first-order valence-corrected chi connectivity index (χ1v) is 7.27. The first kappa shape index (κ1) is 15.4. The molecule has 0 radical (unpaired) electrons. The number of likely N-dealkylation sites (tertiary alicyclic amines) is 1. The van der Waals surface area contributed by atoms with Crippen LogP contribution in [0.25, 0.3) is 0 Å². The molecule has 0 aromatic heterocycles. The van der Waals surface area contributed by atoms with Crippen molar-refractivity contribution < 1.29 is 9.90 Å². The van der Waals surface area contributed by atoms with Crippen molar-refractivity contribution in [3.8, 4) is 0 Å². The fraction of sp³-hybridized carbons (Fsp3) is 0.929. The highest BCUT2D eigenvalue weighted by Gasteiger charge is 2.29. The van der Waals surface area contributed by atoms with Gasteiger partial charge in [0.2, 0.25) is 5.91 Å². The minimum Gasteiger partial charge on any atom is -0.393 e. The van der Waals surface area contributed by atoms with Crippen LogP contribution in [0, 0.1) is 0 Å². The minimum absolute atomic E-state index is 0.0255. The summed E-state index contributed by atoms with van der Waals surface area (Å²) in [6, 6.07) is 0.444. The van der Waals surface area contributed by atoms with Crippen LogP contribution >= 0.6 is 0 Å². The van der Waals surface area contributed by atoms with Crippen molar-refractivity contribution in [2.45, 2.75) is 71.1 Å². The maximum absolute atomic E-state index is 12.1. The molecule has 18 heavy (non-hydrogen) atoms. The maximum atomic E-state index is 12.1. The molecular formula is C14H28N2O2. The Hall–Kier alpha value is -0.610. The van der Waals surface area contributed by atoms with Gasteiger partial charge in [0, 0.05) is 12.6 Å². The molecule has 0 saturated carbocycles. The van der Waals surface area contributed by atoms with Gasteiger partial charge < -0.3 is 10.4 Å². The third-order valence-electron chi connectivity index (χ3n) is 3.76. The number of amides is 1. The van der Waals surface area contributed by atoms with E-state index in [1.54, 1.807) is 0 Å². The SMILES string of the molecule is CCC(O)CCNC(=O)C1CCCCN1C(C)C. The second kappa shape index (κ2) is 7.74. The number of nitrogens with one attached hydrogen (secondary N) is 1. The summed E-state index contributed by atoms with van der Waals surface area (Å²) in [4.78, 5) is 14.4. The molecule has 0 aromatic rings. The van der Waals surface area contributed by atoms with Crippen LogP contribution in [0.15, 0.2) is 0 Å². The Morgan fingerprint density at radius 3 is 2.78 bits per heavy atom. The van der Waals surface area contributed by atoms with Crippen molar-refractivity contribution in [2.75, 3.05) is 13.1 Å². The Kier molecular flexibility index (Phi) is 6.65. The van der Waals surface area contributed by atoms with Gasteiger partial charge in [-0.05, 0) is 46.1 Å². The van der Waals surface area contributed by atoms with Gasteiger partial charge in [0.15, 0.2) is 0 Å². The van der Waals surface area contributed by atoms with E-state index in [9.17, 15) is 9.90 Å². The Morgan fingerprint density at radius 2 is 2.17 bits per heavy atom. The molecule has 1 aliphatic rings. The summed E-state index contributed by atoms with van der Waals surface area (Å²) in [6.07, 6.45) is 4.39. The van der Waals surface area contributed by atoms with Gasteiger partial charge in [-0.2, -0.15) is 0 Å². The van der Waals surface area contributed by atoms with E-state index in [1.807, 2.05) is 6.92 Å². The predicted octanol–water partition coefficient (Wildman–Crippen LogP) is 1.53. The lowest BCUT2D eigenvalue weighted by atomic mass is 9.99. The van der Waals surface area contributed by atoms with Gasteiger partial charge in [-0.25, -0.2) is 0 Å². The topological polar surface area (TPSA) is 52.6 Å². The third kappa shape index (κ3) is 4.58. The molecule has 4 heteroatoms. The molecule has 0 aliphatic carbocycles. The van der Waals surface area contributed by atoms with Crippen LogP contribution in [0.5, 0.6) is 0 Å². The van der Waals surface area contributed by atoms with E-state index in [4.69, 9.17) is 0 Å². The molecule has 2 unspecified atom stereocenters. The molecule has 0 bridgehead atoms. The third-order valence-corrected chi connectivity index (χ3v) is 3.76. The Labute approximate surface area is 111 Å². The number of aliphatic hydroxyl groups is 1. The van der Waals surface area contributed by atoms with Crippen molar-refractivity contribution in [3.63, 3.8) is 0 Å². The summed E-state index contributed by atoms with van der Waals surface area (Å²) in [5, 5.41) is 12.4. The molecule has 1 rings (SSSR count). The first-order valence-electron chi connectivity index (χ1n) is 7.27. The maximum Gasteiger partial charge on any atom is 0.237 e. The number of hydrogen-bond donors (Lipinski definition) is 2. The van der Waals surface area contributed by atoms with Gasteiger partial charge in [-0.1, -0.05) is 13.3 Å². The fourth-order valence-electron chi connectivity index (χ4n) is 2.54. The van der Waals surface area contributed by atoms with E-state index in [-0.39, 0.29) is 18.1 Å². The number of carbonyl (C=O) groups is 1. The highest BCUT2D eigenvalue weighted by atomic mass is 16.3. The number of nitrogens with zero attached hydrogens (tertiary/aromatic N) is 1. The van der Waals surface area contributed by atoms with Gasteiger partial charge in [0.05, 0.1) is 12.1 Å². The van der Waals surface area contributed by atoms with Crippen LogP contribution < -0.4 is 5.32 Å². The van der Waals surface area contributed by atoms with Crippen molar-refractivity contribution >= 4 is 5.91 Å². The highest BCUT2D eigenvalue weighted by molar-refractivity contribution is 5.81. The average molecular weight is 256 g/mol. The number of aliphatic hydroxyl groups excluding tert-OH is 1. The van der Waals surface area contributed by atoms with Gasteiger partial charge in [0.25, 0.3) is 0 Å². The molecule has 1 aliphatic heterocycles. The highest BCUT2D eigenvalue weighted by Crippen LogP contribution is 2.19. The van der Waals surface area contributed by atoms with Crippen LogP contribution in [0.3, 0.4) is 0 Å². The quantitative estimate of drug-likeness (QED) is 0.758. The summed E-state index contributed by atoms with van der Waals surface area (Å²) in [7, 11) is 0. The molecule has 0 spiro atoms.